The Morgan fingerprint density at radius 3 is 2.03 bits per heavy atom. The fraction of sp³-hybridized carbons (Fsp3) is 0.231. The molecule has 0 fully saturated rings. The summed E-state index contributed by atoms with van der Waals surface area (Å²) in [5, 5.41) is 6.45. The largest absolute Gasteiger partial charge is 0.456 e. The first-order valence-electron chi connectivity index (χ1n) is 25.4. The standard InChI is InChI=1S/C65H55BN2OS/c1-62(2,3)38-19-21-39(22-20-38)68-54-32-47-46-30-50-51(64(6,7)26-25-63(50,4)5)34-59(46)70-58(47)33-45(54)41-23-24-42-44-29-49-43(40-17-13-14-18-48(40)65(49,8)9)31-53(44)67-55-35-57-37(27-52(55)66(68)60(41)61(42)67)28-56(69-57)36-15-11-10-12-16-36/h10-24,27-35H,25-26H2,1-9H3. The molecule has 0 spiro atoms. The van der Waals surface area contributed by atoms with E-state index < -0.39 is 0 Å². The summed E-state index contributed by atoms with van der Waals surface area (Å²) >= 11 is 1.97. The minimum Gasteiger partial charge on any atom is -0.456 e. The molecule has 70 heavy (non-hydrogen) atoms. The number of nitrogens with zero attached hydrogens (tertiary/aromatic N) is 2. The quantitative estimate of drug-likeness (QED) is 0.161. The van der Waals surface area contributed by atoms with Crippen LogP contribution in [0.15, 0.2) is 150 Å². The van der Waals surface area contributed by atoms with Crippen LogP contribution >= 0.6 is 11.3 Å². The van der Waals surface area contributed by atoms with Gasteiger partial charge in [0.15, 0.2) is 0 Å². The molecule has 0 unspecified atom stereocenters. The van der Waals surface area contributed by atoms with E-state index in [-0.39, 0.29) is 28.5 Å². The lowest BCUT2D eigenvalue weighted by atomic mass is 9.44. The zero-order chi connectivity index (χ0) is 47.5. The summed E-state index contributed by atoms with van der Waals surface area (Å²) in [5.41, 5.74) is 23.5. The van der Waals surface area contributed by atoms with E-state index in [1.165, 1.54) is 133 Å². The monoisotopic (exact) mass is 922 g/mol. The van der Waals surface area contributed by atoms with Crippen LogP contribution in [0.3, 0.4) is 0 Å². The maximum Gasteiger partial charge on any atom is 0.333 e. The third-order valence-electron chi connectivity index (χ3n) is 17.6. The molecule has 11 aromatic rings. The van der Waals surface area contributed by atoms with Gasteiger partial charge >= 0.3 is 6.85 Å². The first-order valence-corrected chi connectivity index (χ1v) is 26.2. The molecule has 3 aromatic heterocycles. The molecule has 5 heterocycles. The molecule has 3 nitrogen and oxygen atoms in total. The van der Waals surface area contributed by atoms with Crippen molar-refractivity contribution >= 4 is 93.4 Å². The SMILES string of the molecule is CC(C)(C)c1ccc(N2B3c4cc5cc(-c6ccccc6)oc5cc4-n4c5cc6c(cc5c5ccc(c3c54)-c3cc4sc5cc7c(cc5c4cc32)C(C)(C)CCC7(C)C)C(C)(C)c2ccccc2-6)cc1. The van der Waals surface area contributed by atoms with Gasteiger partial charge in [-0.2, -0.15) is 0 Å². The molecule has 5 heteroatoms. The number of furan rings is 1. The highest BCUT2D eigenvalue weighted by Crippen LogP contribution is 2.55. The van der Waals surface area contributed by atoms with Crippen LogP contribution in [0, 0.1) is 0 Å². The molecular weight excluding hydrogens is 868 g/mol. The number of thiophene rings is 1. The normalized spacial score (nSPS) is 16.8. The molecule has 340 valence electrons. The molecule has 4 aliphatic rings. The van der Waals surface area contributed by atoms with Crippen molar-refractivity contribution < 1.29 is 4.42 Å². The van der Waals surface area contributed by atoms with Gasteiger partial charge in [0, 0.05) is 76.0 Å². The van der Waals surface area contributed by atoms with Crippen molar-refractivity contribution in [3.05, 3.63) is 173 Å². The van der Waals surface area contributed by atoms with Crippen LogP contribution in [0.5, 0.6) is 0 Å². The molecule has 2 aliphatic heterocycles. The molecule has 0 bridgehead atoms. The second-order valence-corrected chi connectivity index (χ2v) is 25.1. The fourth-order valence-corrected chi connectivity index (χ4v) is 14.7. The molecule has 0 atom stereocenters. The number of hydrogen-bond donors (Lipinski definition) is 0. The van der Waals surface area contributed by atoms with Gasteiger partial charge in [0.05, 0.1) is 11.0 Å². The van der Waals surface area contributed by atoms with Gasteiger partial charge in [0.25, 0.3) is 0 Å². The summed E-state index contributed by atoms with van der Waals surface area (Å²) in [6.45, 7) is 21.4. The molecule has 15 rings (SSSR count). The summed E-state index contributed by atoms with van der Waals surface area (Å²) in [5.74, 6) is 0.888. The van der Waals surface area contributed by atoms with Crippen molar-refractivity contribution in [2.75, 3.05) is 4.81 Å². The van der Waals surface area contributed by atoms with Crippen LogP contribution in [0.4, 0.5) is 11.4 Å². The summed E-state index contributed by atoms with van der Waals surface area (Å²) in [4.78, 5) is 2.71. The maximum atomic E-state index is 6.88. The van der Waals surface area contributed by atoms with Crippen LogP contribution in [-0.4, -0.2) is 11.4 Å². The summed E-state index contributed by atoms with van der Waals surface area (Å²) in [6.07, 6.45) is 2.40. The Morgan fingerprint density at radius 1 is 0.557 bits per heavy atom. The van der Waals surface area contributed by atoms with E-state index in [1.807, 2.05) is 11.3 Å². The molecule has 2 aliphatic carbocycles. The average molecular weight is 923 g/mol. The van der Waals surface area contributed by atoms with E-state index in [0.717, 1.165) is 22.3 Å². The van der Waals surface area contributed by atoms with Crippen LogP contribution in [0.1, 0.15) is 103 Å². The minimum absolute atomic E-state index is 0.0252. The van der Waals surface area contributed by atoms with Crippen molar-refractivity contribution in [3.8, 4) is 39.3 Å². The van der Waals surface area contributed by atoms with Gasteiger partial charge in [-0.15, -0.1) is 11.3 Å². The average Bonchev–Trinajstić information content (AvgIpc) is 4.08. The van der Waals surface area contributed by atoms with Crippen molar-refractivity contribution in [1.29, 1.82) is 0 Å². The van der Waals surface area contributed by atoms with Crippen molar-refractivity contribution in [3.63, 3.8) is 0 Å². The Labute approximate surface area is 414 Å². The second kappa shape index (κ2) is 13.3. The van der Waals surface area contributed by atoms with E-state index in [1.54, 1.807) is 0 Å². The summed E-state index contributed by atoms with van der Waals surface area (Å²) in [7, 11) is 0. The lowest BCUT2D eigenvalue weighted by Gasteiger charge is -2.42. The number of aromatic nitrogens is 1. The third-order valence-corrected chi connectivity index (χ3v) is 18.7. The van der Waals surface area contributed by atoms with Gasteiger partial charge in [0.2, 0.25) is 0 Å². The molecule has 0 N–H and O–H groups in total. The Hall–Kier alpha value is -6.82. The van der Waals surface area contributed by atoms with E-state index in [0.29, 0.717) is 0 Å². The van der Waals surface area contributed by atoms with Gasteiger partial charge in [0.1, 0.15) is 11.3 Å². The zero-order valence-corrected chi connectivity index (χ0v) is 42.4. The smallest absolute Gasteiger partial charge is 0.333 e. The number of hydrogen-bond acceptors (Lipinski definition) is 3. The topological polar surface area (TPSA) is 21.3 Å². The van der Waals surface area contributed by atoms with Crippen LogP contribution in [0.25, 0.3) is 92.2 Å². The lowest BCUT2D eigenvalue weighted by molar-refractivity contribution is 0.332. The number of benzene rings is 8. The van der Waals surface area contributed by atoms with Crippen LogP contribution in [0.2, 0.25) is 0 Å². The summed E-state index contributed by atoms with van der Waals surface area (Å²) in [6, 6.07) is 56.4. The van der Waals surface area contributed by atoms with Crippen molar-refractivity contribution in [2.45, 2.75) is 96.8 Å². The van der Waals surface area contributed by atoms with Crippen LogP contribution < -0.4 is 15.7 Å². The van der Waals surface area contributed by atoms with Gasteiger partial charge in [-0.05, 0) is 139 Å². The Balaban J connectivity index is 1.07. The highest BCUT2D eigenvalue weighted by Gasteiger charge is 2.46. The van der Waals surface area contributed by atoms with E-state index >= 15 is 0 Å². The van der Waals surface area contributed by atoms with Gasteiger partial charge in [-0.25, -0.2) is 0 Å². The Morgan fingerprint density at radius 2 is 1.26 bits per heavy atom. The first-order chi connectivity index (χ1) is 33.5. The Kier molecular flexibility index (Phi) is 7.81. The predicted molar refractivity (Wildman–Crippen MR) is 299 cm³/mol. The molecule has 0 saturated carbocycles. The fourth-order valence-electron chi connectivity index (χ4n) is 13.6. The molecule has 8 aromatic carbocycles. The third kappa shape index (κ3) is 5.32. The first kappa shape index (κ1) is 41.0. The maximum absolute atomic E-state index is 6.88. The summed E-state index contributed by atoms with van der Waals surface area (Å²) < 4.78 is 12.2. The van der Waals surface area contributed by atoms with Crippen molar-refractivity contribution in [1.82, 2.24) is 4.57 Å². The second-order valence-electron chi connectivity index (χ2n) is 24.0. The van der Waals surface area contributed by atoms with E-state index in [9.17, 15) is 0 Å². The van der Waals surface area contributed by atoms with E-state index in [4.69, 9.17) is 4.42 Å². The van der Waals surface area contributed by atoms with E-state index in [2.05, 4.69) is 217 Å². The Bertz CT molecular complexity index is 4130. The molecule has 0 radical (unpaired) electrons. The highest BCUT2D eigenvalue weighted by molar-refractivity contribution is 7.25. The minimum atomic E-state index is -0.118. The zero-order valence-electron chi connectivity index (χ0n) is 41.6. The molecular formula is C65H55BN2OS. The van der Waals surface area contributed by atoms with Crippen LogP contribution in [-0.2, 0) is 21.7 Å². The molecule has 0 saturated heterocycles. The van der Waals surface area contributed by atoms with Gasteiger partial charge in [-0.1, -0.05) is 147 Å². The number of fused-ring (bicyclic) bond motifs is 16. The van der Waals surface area contributed by atoms with Crippen molar-refractivity contribution in [2.24, 2.45) is 0 Å². The number of anilines is 2. The molecule has 0 amide bonds. The highest BCUT2D eigenvalue weighted by atomic mass is 32.1. The van der Waals surface area contributed by atoms with Gasteiger partial charge in [-0.3, -0.25) is 0 Å². The predicted octanol–water partition coefficient (Wildman–Crippen LogP) is 16.8. The lowest BCUT2D eigenvalue weighted by Crippen LogP contribution is -2.60. The van der Waals surface area contributed by atoms with Gasteiger partial charge < -0.3 is 13.8 Å². The number of rotatable bonds is 2.